The fourth-order valence-corrected chi connectivity index (χ4v) is 1.43. The normalized spacial score (nSPS) is 10.2. The summed E-state index contributed by atoms with van der Waals surface area (Å²) >= 11 is 5.67. The van der Waals surface area contributed by atoms with Crippen LogP contribution in [0.4, 0.5) is 5.82 Å². The average Bonchev–Trinajstić information content (AvgIpc) is 2.26. The number of carbonyl (C=O) groups excluding carboxylic acids is 1. The molecule has 0 spiro atoms. The lowest BCUT2D eigenvalue weighted by atomic mass is 10.2. The van der Waals surface area contributed by atoms with E-state index < -0.39 is 5.97 Å². The van der Waals surface area contributed by atoms with Crippen LogP contribution in [0.3, 0.4) is 0 Å². The highest BCUT2D eigenvalue weighted by Crippen LogP contribution is 2.17. The lowest BCUT2D eigenvalue weighted by molar-refractivity contribution is -0.119. The Bertz CT molecular complexity index is 463. The first-order valence-corrected chi connectivity index (χ1v) is 5.70. The molecule has 7 heteroatoms. The van der Waals surface area contributed by atoms with Gasteiger partial charge in [0.2, 0.25) is 5.91 Å². The number of hydrogen-bond donors (Lipinski definition) is 3. The maximum absolute atomic E-state index is 11.4. The molecule has 1 rings (SSSR count). The monoisotopic (exact) mass is 271 g/mol. The van der Waals surface area contributed by atoms with Crippen LogP contribution >= 0.6 is 11.6 Å². The van der Waals surface area contributed by atoms with Crippen LogP contribution in [0.1, 0.15) is 24.2 Å². The Morgan fingerprint density at radius 1 is 1.50 bits per heavy atom. The highest BCUT2D eigenvalue weighted by molar-refractivity contribution is 6.33. The van der Waals surface area contributed by atoms with Crippen LogP contribution in [0.15, 0.2) is 12.3 Å². The zero-order valence-corrected chi connectivity index (χ0v) is 10.8. The Balaban J connectivity index is 2.66. The van der Waals surface area contributed by atoms with Gasteiger partial charge in [0.05, 0.1) is 17.1 Å². The van der Waals surface area contributed by atoms with Gasteiger partial charge in [-0.15, -0.1) is 0 Å². The number of rotatable bonds is 5. The van der Waals surface area contributed by atoms with Gasteiger partial charge in [-0.2, -0.15) is 0 Å². The molecule has 6 nitrogen and oxygen atoms in total. The third kappa shape index (κ3) is 4.21. The number of hydrogen-bond acceptors (Lipinski definition) is 4. The number of anilines is 1. The van der Waals surface area contributed by atoms with Crippen molar-refractivity contribution in [2.45, 2.75) is 19.9 Å². The Morgan fingerprint density at radius 2 is 2.17 bits per heavy atom. The first-order chi connectivity index (χ1) is 8.40. The van der Waals surface area contributed by atoms with Gasteiger partial charge in [0.15, 0.2) is 0 Å². The van der Waals surface area contributed by atoms with Gasteiger partial charge in [-0.25, -0.2) is 9.78 Å². The van der Waals surface area contributed by atoms with Gasteiger partial charge in [-0.05, 0) is 19.9 Å². The topological polar surface area (TPSA) is 91.3 Å². The minimum Gasteiger partial charge on any atom is -0.478 e. The number of carbonyl (C=O) groups is 2. The van der Waals surface area contributed by atoms with Crippen LogP contribution in [-0.2, 0) is 4.79 Å². The lowest BCUT2D eigenvalue weighted by Crippen LogP contribution is -2.35. The van der Waals surface area contributed by atoms with Crippen molar-refractivity contribution in [2.75, 3.05) is 11.9 Å². The maximum atomic E-state index is 11.4. The molecule has 0 unspecified atom stereocenters. The van der Waals surface area contributed by atoms with E-state index in [1.807, 2.05) is 13.8 Å². The molecular formula is C11H14ClN3O3. The molecule has 0 aliphatic rings. The minimum atomic E-state index is -1.14. The van der Waals surface area contributed by atoms with Gasteiger partial charge >= 0.3 is 5.97 Å². The van der Waals surface area contributed by atoms with Crippen LogP contribution in [0.25, 0.3) is 0 Å². The first-order valence-electron chi connectivity index (χ1n) is 5.32. The summed E-state index contributed by atoms with van der Waals surface area (Å²) in [5.41, 5.74) is -0.0570. The molecule has 0 aromatic carbocycles. The van der Waals surface area contributed by atoms with Crippen LogP contribution in [-0.4, -0.2) is 34.6 Å². The fourth-order valence-electron chi connectivity index (χ4n) is 1.24. The third-order valence-electron chi connectivity index (χ3n) is 1.97. The number of aromatic nitrogens is 1. The van der Waals surface area contributed by atoms with E-state index in [1.165, 1.54) is 12.3 Å². The molecule has 98 valence electrons. The molecule has 0 fully saturated rings. The van der Waals surface area contributed by atoms with Crippen LogP contribution in [0, 0.1) is 0 Å². The molecule has 0 radical (unpaired) electrons. The third-order valence-corrected chi connectivity index (χ3v) is 2.27. The predicted octanol–water partition coefficient (Wildman–Crippen LogP) is 1.37. The molecule has 0 atom stereocenters. The number of nitrogens with one attached hydrogen (secondary N) is 2. The number of aromatic carboxylic acids is 1. The Hall–Kier alpha value is -1.82. The second kappa shape index (κ2) is 6.20. The molecule has 0 bridgehead atoms. The number of carboxylic acids is 1. The number of pyridine rings is 1. The summed E-state index contributed by atoms with van der Waals surface area (Å²) in [6, 6.07) is 1.33. The predicted molar refractivity (Wildman–Crippen MR) is 68.0 cm³/mol. The van der Waals surface area contributed by atoms with Crippen molar-refractivity contribution in [1.82, 2.24) is 10.3 Å². The molecule has 1 amide bonds. The molecule has 0 aliphatic heterocycles. The van der Waals surface area contributed by atoms with Crippen LogP contribution in [0.2, 0.25) is 5.02 Å². The fraction of sp³-hybridized carbons (Fsp3) is 0.364. The van der Waals surface area contributed by atoms with Gasteiger partial charge in [-0.1, -0.05) is 11.6 Å². The smallest absolute Gasteiger partial charge is 0.337 e. The van der Waals surface area contributed by atoms with Gasteiger partial charge in [0.25, 0.3) is 0 Å². The number of amides is 1. The lowest BCUT2D eigenvalue weighted by Gasteiger charge is -2.10. The second-order valence-corrected chi connectivity index (χ2v) is 4.34. The summed E-state index contributed by atoms with van der Waals surface area (Å²) in [6.45, 7) is 3.72. The van der Waals surface area contributed by atoms with E-state index >= 15 is 0 Å². The van der Waals surface area contributed by atoms with Gasteiger partial charge in [0, 0.05) is 12.2 Å². The molecule has 0 saturated carbocycles. The van der Waals surface area contributed by atoms with E-state index in [0.717, 1.165) is 0 Å². The maximum Gasteiger partial charge on any atom is 0.337 e. The highest BCUT2D eigenvalue weighted by atomic mass is 35.5. The van der Waals surface area contributed by atoms with Gasteiger partial charge in [-0.3, -0.25) is 4.79 Å². The Labute approximate surface area is 109 Å². The summed E-state index contributed by atoms with van der Waals surface area (Å²) in [5.74, 6) is -1.05. The summed E-state index contributed by atoms with van der Waals surface area (Å²) in [6.07, 6.45) is 1.23. The summed E-state index contributed by atoms with van der Waals surface area (Å²) in [4.78, 5) is 26.1. The van der Waals surface area contributed by atoms with Crippen molar-refractivity contribution < 1.29 is 14.7 Å². The summed E-state index contributed by atoms with van der Waals surface area (Å²) in [7, 11) is 0. The molecule has 1 aromatic heterocycles. The van der Waals surface area contributed by atoms with Crippen molar-refractivity contribution in [1.29, 1.82) is 0 Å². The zero-order valence-electron chi connectivity index (χ0n) is 10.0. The quantitative estimate of drug-likeness (QED) is 0.752. The van der Waals surface area contributed by atoms with Crippen molar-refractivity contribution in [2.24, 2.45) is 0 Å². The average molecular weight is 272 g/mol. The molecule has 0 saturated heterocycles. The zero-order chi connectivity index (χ0) is 13.7. The molecule has 0 aliphatic carbocycles. The van der Waals surface area contributed by atoms with E-state index in [4.69, 9.17) is 16.7 Å². The number of nitrogens with zero attached hydrogens (tertiary/aromatic N) is 1. The highest BCUT2D eigenvalue weighted by Gasteiger charge is 2.11. The number of halogens is 1. The van der Waals surface area contributed by atoms with Crippen molar-refractivity contribution in [3.63, 3.8) is 0 Å². The van der Waals surface area contributed by atoms with E-state index in [0.29, 0.717) is 0 Å². The summed E-state index contributed by atoms with van der Waals surface area (Å²) in [5, 5.41) is 14.3. The van der Waals surface area contributed by atoms with Crippen molar-refractivity contribution in [3.8, 4) is 0 Å². The summed E-state index contributed by atoms with van der Waals surface area (Å²) < 4.78 is 0. The second-order valence-electron chi connectivity index (χ2n) is 3.93. The van der Waals surface area contributed by atoms with E-state index in [2.05, 4.69) is 15.6 Å². The Kier molecular flexibility index (Phi) is 4.91. The molecule has 1 heterocycles. The van der Waals surface area contributed by atoms with Crippen molar-refractivity contribution in [3.05, 3.63) is 22.8 Å². The minimum absolute atomic E-state index is 0.0197. The van der Waals surface area contributed by atoms with Crippen LogP contribution < -0.4 is 10.6 Å². The van der Waals surface area contributed by atoms with Crippen molar-refractivity contribution >= 4 is 29.3 Å². The Morgan fingerprint density at radius 3 is 2.72 bits per heavy atom. The number of carboxylic acid groups (broad SMARTS) is 1. The standard InChI is InChI=1S/C11H14ClN3O3/c1-6(2)15-10(16)5-14-9-3-7(11(17)18)8(12)4-13-9/h3-4,6H,5H2,1-2H3,(H,13,14)(H,15,16)(H,17,18). The SMILES string of the molecule is CC(C)NC(=O)CNc1cc(C(=O)O)c(Cl)cn1. The van der Waals surface area contributed by atoms with E-state index in [-0.39, 0.29) is 34.9 Å². The van der Waals surface area contributed by atoms with Gasteiger partial charge < -0.3 is 15.7 Å². The molecular weight excluding hydrogens is 258 g/mol. The van der Waals surface area contributed by atoms with Gasteiger partial charge in [0.1, 0.15) is 5.82 Å². The largest absolute Gasteiger partial charge is 0.478 e. The van der Waals surface area contributed by atoms with E-state index in [9.17, 15) is 9.59 Å². The molecule has 1 aromatic rings. The molecule has 18 heavy (non-hydrogen) atoms. The first kappa shape index (κ1) is 14.2. The molecule has 3 N–H and O–H groups in total. The van der Waals surface area contributed by atoms with Crippen LogP contribution in [0.5, 0.6) is 0 Å². The van der Waals surface area contributed by atoms with E-state index in [1.54, 1.807) is 0 Å².